The molecular weight excluding hydrogens is 276 g/mol. The molecule has 0 heterocycles. The third-order valence-electron chi connectivity index (χ3n) is 3.77. The van der Waals surface area contributed by atoms with Crippen LogP contribution in [0.1, 0.15) is 26.2 Å². The van der Waals surface area contributed by atoms with Crippen molar-refractivity contribution in [3.8, 4) is 0 Å². The fourth-order valence-electron chi connectivity index (χ4n) is 2.36. The van der Waals surface area contributed by atoms with Crippen molar-refractivity contribution in [3.63, 3.8) is 0 Å². The van der Waals surface area contributed by atoms with Crippen LogP contribution < -0.4 is 10.6 Å². The SMILES string of the molecule is CCOCC1(CNC(=O)Nc2ccccc2Cl)CCC1. The van der Waals surface area contributed by atoms with Gasteiger partial charge in [-0.3, -0.25) is 0 Å². The number of amides is 2. The van der Waals surface area contributed by atoms with Gasteiger partial charge in [0.1, 0.15) is 0 Å². The van der Waals surface area contributed by atoms with Gasteiger partial charge in [0.15, 0.2) is 0 Å². The lowest BCUT2D eigenvalue weighted by atomic mass is 9.69. The minimum atomic E-state index is -0.221. The van der Waals surface area contributed by atoms with E-state index < -0.39 is 0 Å². The predicted molar refractivity (Wildman–Crippen MR) is 81.3 cm³/mol. The van der Waals surface area contributed by atoms with Crippen LogP contribution in [0.3, 0.4) is 0 Å². The first kappa shape index (κ1) is 15.1. The minimum Gasteiger partial charge on any atom is -0.381 e. The lowest BCUT2D eigenvalue weighted by Gasteiger charge is -2.41. The second-order valence-electron chi connectivity index (χ2n) is 5.28. The monoisotopic (exact) mass is 296 g/mol. The number of rotatable bonds is 6. The summed E-state index contributed by atoms with van der Waals surface area (Å²) in [7, 11) is 0. The molecule has 0 spiro atoms. The Labute approximate surface area is 124 Å². The molecule has 0 aliphatic heterocycles. The van der Waals surface area contributed by atoms with E-state index in [9.17, 15) is 4.79 Å². The number of benzene rings is 1. The highest BCUT2D eigenvalue weighted by atomic mass is 35.5. The van der Waals surface area contributed by atoms with Crippen LogP contribution in [0.4, 0.5) is 10.5 Å². The first-order valence-electron chi connectivity index (χ1n) is 7.02. The van der Waals surface area contributed by atoms with Gasteiger partial charge in [-0.25, -0.2) is 4.79 Å². The fourth-order valence-corrected chi connectivity index (χ4v) is 2.55. The number of halogens is 1. The number of ether oxygens (including phenoxy) is 1. The summed E-state index contributed by atoms with van der Waals surface area (Å²) in [4.78, 5) is 11.9. The molecule has 0 atom stereocenters. The second kappa shape index (κ2) is 6.95. The van der Waals surface area contributed by atoms with E-state index in [0.717, 1.165) is 19.4 Å². The molecule has 0 unspecified atom stereocenters. The lowest BCUT2D eigenvalue weighted by Crippen LogP contribution is -2.46. The average molecular weight is 297 g/mol. The summed E-state index contributed by atoms with van der Waals surface area (Å²) in [6.07, 6.45) is 3.43. The molecule has 1 fully saturated rings. The van der Waals surface area contributed by atoms with Crippen molar-refractivity contribution >= 4 is 23.3 Å². The van der Waals surface area contributed by atoms with Gasteiger partial charge in [0.05, 0.1) is 17.3 Å². The van der Waals surface area contributed by atoms with Crippen LogP contribution in [-0.4, -0.2) is 25.8 Å². The molecule has 2 amide bonds. The maximum atomic E-state index is 11.9. The van der Waals surface area contributed by atoms with Gasteiger partial charge in [0.2, 0.25) is 0 Å². The molecule has 0 saturated heterocycles. The summed E-state index contributed by atoms with van der Waals surface area (Å²) in [5.74, 6) is 0. The number of anilines is 1. The van der Waals surface area contributed by atoms with Crippen molar-refractivity contribution in [1.82, 2.24) is 5.32 Å². The van der Waals surface area contributed by atoms with Gasteiger partial charge in [-0.1, -0.05) is 30.2 Å². The number of nitrogens with one attached hydrogen (secondary N) is 2. The van der Waals surface area contributed by atoms with Crippen molar-refractivity contribution in [2.45, 2.75) is 26.2 Å². The maximum Gasteiger partial charge on any atom is 0.319 e. The summed E-state index contributed by atoms with van der Waals surface area (Å²) >= 11 is 6.00. The van der Waals surface area contributed by atoms with Gasteiger partial charge < -0.3 is 15.4 Å². The predicted octanol–water partition coefficient (Wildman–Crippen LogP) is 3.67. The summed E-state index contributed by atoms with van der Waals surface area (Å²) in [6, 6.07) is 6.97. The molecule has 4 nitrogen and oxygen atoms in total. The third-order valence-corrected chi connectivity index (χ3v) is 4.10. The van der Waals surface area contributed by atoms with Gasteiger partial charge in [0, 0.05) is 18.6 Å². The molecule has 110 valence electrons. The zero-order valence-corrected chi connectivity index (χ0v) is 12.5. The highest BCUT2D eigenvalue weighted by Crippen LogP contribution is 2.40. The van der Waals surface area contributed by atoms with Crippen LogP contribution in [0.2, 0.25) is 5.02 Å². The van der Waals surface area contributed by atoms with Crippen molar-refractivity contribution in [2.75, 3.05) is 25.1 Å². The first-order valence-corrected chi connectivity index (χ1v) is 7.40. The van der Waals surface area contributed by atoms with Crippen LogP contribution in [0.25, 0.3) is 0 Å². The van der Waals surface area contributed by atoms with Crippen LogP contribution in [0, 0.1) is 5.41 Å². The molecule has 2 N–H and O–H groups in total. The topological polar surface area (TPSA) is 50.4 Å². The zero-order valence-electron chi connectivity index (χ0n) is 11.7. The zero-order chi connectivity index (χ0) is 14.4. The Bertz CT molecular complexity index is 461. The van der Waals surface area contributed by atoms with E-state index in [0.29, 0.717) is 23.9 Å². The van der Waals surface area contributed by atoms with E-state index in [1.54, 1.807) is 12.1 Å². The highest BCUT2D eigenvalue weighted by molar-refractivity contribution is 6.33. The van der Waals surface area contributed by atoms with Gasteiger partial charge in [-0.15, -0.1) is 0 Å². The summed E-state index contributed by atoms with van der Waals surface area (Å²) in [6.45, 7) is 4.07. The van der Waals surface area contributed by atoms with E-state index >= 15 is 0 Å². The summed E-state index contributed by atoms with van der Waals surface area (Å²) < 4.78 is 5.52. The largest absolute Gasteiger partial charge is 0.381 e. The Morgan fingerprint density at radius 2 is 2.15 bits per heavy atom. The second-order valence-corrected chi connectivity index (χ2v) is 5.69. The van der Waals surface area contributed by atoms with E-state index in [4.69, 9.17) is 16.3 Å². The van der Waals surface area contributed by atoms with Gasteiger partial charge in [-0.2, -0.15) is 0 Å². The van der Waals surface area contributed by atoms with E-state index in [2.05, 4.69) is 10.6 Å². The summed E-state index contributed by atoms with van der Waals surface area (Å²) in [5, 5.41) is 6.22. The molecular formula is C15H21ClN2O2. The summed E-state index contributed by atoms with van der Waals surface area (Å²) in [5.41, 5.74) is 0.743. The van der Waals surface area contributed by atoms with Crippen molar-refractivity contribution in [3.05, 3.63) is 29.3 Å². The smallest absolute Gasteiger partial charge is 0.319 e. The normalized spacial score (nSPS) is 16.3. The van der Waals surface area contributed by atoms with E-state index in [-0.39, 0.29) is 11.4 Å². The quantitative estimate of drug-likeness (QED) is 0.841. The number of carbonyl (C=O) groups excluding carboxylic acids is 1. The first-order chi connectivity index (χ1) is 9.65. The van der Waals surface area contributed by atoms with Crippen LogP contribution in [0.15, 0.2) is 24.3 Å². The Morgan fingerprint density at radius 1 is 1.40 bits per heavy atom. The number of urea groups is 1. The highest BCUT2D eigenvalue weighted by Gasteiger charge is 2.37. The van der Waals surface area contributed by atoms with E-state index in [1.807, 2.05) is 19.1 Å². The molecule has 0 bridgehead atoms. The number of hydrogen-bond donors (Lipinski definition) is 2. The third kappa shape index (κ3) is 3.87. The Morgan fingerprint density at radius 3 is 2.75 bits per heavy atom. The number of hydrogen-bond acceptors (Lipinski definition) is 2. The van der Waals surface area contributed by atoms with Crippen molar-refractivity contribution in [1.29, 1.82) is 0 Å². The maximum absolute atomic E-state index is 11.9. The molecule has 0 aromatic heterocycles. The number of carbonyl (C=O) groups is 1. The van der Waals surface area contributed by atoms with Crippen LogP contribution >= 0.6 is 11.6 Å². The Kier molecular flexibility index (Phi) is 5.26. The Hall–Kier alpha value is -1.26. The molecule has 5 heteroatoms. The van der Waals surface area contributed by atoms with Crippen LogP contribution in [-0.2, 0) is 4.74 Å². The van der Waals surface area contributed by atoms with Gasteiger partial charge in [-0.05, 0) is 31.9 Å². The van der Waals surface area contributed by atoms with Crippen molar-refractivity contribution in [2.24, 2.45) is 5.41 Å². The molecule has 1 saturated carbocycles. The molecule has 1 aromatic rings. The molecule has 0 radical (unpaired) electrons. The Balaban J connectivity index is 1.81. The molecule has 1 aliphatic carbocycles. The van der Waals surface area contributed by atoms with E-state index in [1.165, 1.54) is 6.42 Å². The molecule has 1 aromatic carbocycles. The van der Waals surface area contributed by atoms with Crippen LogP contribution in [0.5, 0.6) is 0 Å². The average Bonchev–Trinajstić information content (AvgIpc) is 2.40. The van der Waals surface area contributed by atoms with Gasteiger partial charge in [0.25, 0.3) is 0 Å². The van der Waals surface area contributed by atoms with Gasteiger partial charge >= 0.3 is 6.03 Å². The lowest BCUT2D eigenvalue weighted by molar-refractivity contribution is 0.00132. The minimum absolute atomic E-state index is 0.119. The number of para-hydroxylation sites is 1. The molecule has 2 rings (SSSR count). The fraction of sp³-hybridized carbons (Fsp3) is 0.533. The molecule has 1 aliphatic rings. The molecule has 20 heavy (non-hydrogen) atoms. The van der Waals surface area contributed by atoms with Crippen molar-refractivity contribution < 1.29 is 9.53 Å². The standard InChI is InChI=1S/C15H21ClN2O2/c1-2-20-11-15(8-5-9-15)10-17-14(19)18-13-7-4-3-6-12(13)16/h3-4,6-7H,2,5,8-11H2,1H3,(H2,17,18,19).